The minimum Gasteiger partial charge on any atom is -0.377 e. The Morgan fingerprint density at radius 1 is 1.22 bits per heavy atom. The molecule has 2 aliphatic carbocycles. The summed E-state index contributed by atoms with van der Waals surface area (Å²) in [5.74, 6) is 2.84. The third kappa shape index (κ3) is 2.80. The monoisotopic (exact) mass is 369 g/mol. The molecule has 4 fully saturated rings. The van der Waals surface area contributed by atoms with Crippen molar-refractivity contribution in [3.63, 3.8) is 0 Å². The van der Waals surface area contributed by atoms with Gasteiger partial charge in [0.1, 0.15) is 5.82 Å². The number of nitrogens with zero attached hydrogens (tertiary/aromatic N) is 4. The van der Waals surface area contributed by atoms with Gasteiger partial charge in [-0.05, 0) is 31.4 Å². The van der Waals surface area contributed by atoms with E-state index in [4.69, 9.17) is 4.74 Å². The number of piperazine rings is 1. The molecule has 0 radical (unpaired) electrons. The first kappa shape index (κ1) is 17.3. The second-order valence-electron chi connectivity index (χ2n) is 8.52. The molecule has 1 N–H and O–H groups in total. The van der Waals surface area contributed by atoms with E-state index < -0.39 is 0 Å². The lowest BCUT2D eigenvalue weighted by Crippen LogP contribution is -2.70. The van der Waals surface area contributed by atoms with Crippen LogP contribution in [0.25, 0.3) is 0 Å². The zero-order chi connectivity index (χ0) is 18.3. The maximum atomic E-state index is 6.14. The maximum absolute atomic E-state index is 6.14. The predicted octanol–water partition coefficient (Wildman–Crippen LogP) is 2.13. The Labute approximate surface area is 162 Å². The topological polar surface area (TPSA) is 53.0 Å². The van der Waals surface area contributed by atoms with Gasteiger partial charge in [-0.25, -0.2) is 4.98 Å². The number of nitrogens with one attached hydrogen (secondary N) is 1. The van der Waals surface area contributed by atoms with Gasteiger partial charge >= 0.3 is 0 Å². The zero-order valence-corrected chi connectivity index (χ0v) is 16.3. The van der Waals surface area contributed by atoms with Gasteiger partial charge in [0.05, 0.1) is 6.10 Å². The highest BCUT2D eigenvalue weighted by Gasteiger charge is 2.65. The van der Waals surface area contributed by atoms with Crippen LogP contribution in [0.1, 0.15) is 32.1 Å². The number of hydrogen-bond acceptors (Lipinski definition) is 4. The van der Waals surface area contributed by atoms with Crippen molar-refractivity contribution in [3.8, 4) is 0 Å². The fourth-order valence-electron chi connectivity index (χ4n) is 6.03. The molecular formula is C21H31N5O. The number of fused-ring (bicyclic) bond motifs is 2. The highest BCUT2D eigenvalue weighted by atomic mass is 16.5. The molecule has 6 nitrogen and oxygen atoms in total. The lowest BCUT2D eigenvalue weighted by molar-refractivity contribution is -0.125. The number of rotatable bonds is 2. The summed E-state index contributed by atoms with van der Waals surface area (Å²) in [5, 5.41) is 3.89. The van der Waals surface area contributed by atoms with Crippen LogP contribution in [0.2, 0.25) is 0 Å². The SMILES string of the molecule is CN=C(NC1C2CCOC2C12CCCC2)N1CCN(c2ccccn2)CC1. The molecule has 5 rings (SSSR count). The Morgan fingerprint density at radius 3 is 2.74 bits per heavy atom. The van der Waals surface area contributed by atoms with Crippen molar-refractivity contribution >= 4 is 11.8 Å². The average Bonchev–Trinajstić information content (AvgIpc) is 3.39. The Balaban J connectivity index is 1.24. The first-order chi connectivity index (χ1) is 13.3. The molecule has 27 heavy (non-hydrogen) atoms. The second kappa shape index (κ2) is 6.97. The molecule has 0 aromatic carbocycles. The Morgan fingerprint density at radius 2 is 2.04 bits per heavy atom. The zero-order valence-electron chi connectivity index (χ0n) is 16.3. The van der Waals surface area contributed by atoms with Crippen molar-refractivity contribution in [3.05, 3.63) is 24.4 Å². The smallest absolute Gasteiger partial charge is 0.194 e. The molecule has 3 heterocycles. The molecule has 2 saturated heterocycles. The molecule has 1 aromatic rings. The summed E-state index contributed by atoms with van der Waals surface area (Å²) in [5.41, 5.74) is 0.368. The summed E-state index contributed by atoms with van der Waals surface area (Å²) in [6.45, 7) is 4.89. The number of ether oxygens (including phenoxy) is 1. The molecule has 4 aliphatic rings. The van der Waals surface area contributed by atoms with Gasteiger partial charge in [0.25, 0.3) is 0 Å². The number of guanidine groups is 1. The van der Waals surface area contributed by atoms with Crippen LogP contribution in [0.4, 0.5) is 5.82 Å². The van der Waals surface area contributed by atoms with Gasteiger partial charge < -0.3 is 19.9 Å². The lowest BCUT2D eigenvalue weighted by atomic mass is 9.54. The highest BCUT2D eigenvalue weighted by molar-refractivity contribution is 5.81. The van der Waals surface area contributed by atoms with E-state index in [-0.39, 0.29) is 0 Å². The van der Waals surface area contributed by atoms with Crippen LogP contribution < -0.4 is 10.2 Å². The van der Waals surface area contributed by atoms with Gasteiger partial charge in [0.2, 0.25) is 0 Å². The number of aromatic nitrogens is 1. The predicted molar refractivity (Wildman–Crippen MR) is 107 cm³/mol. The van der Waals surface area contributed by atoms with Gasteiger partial charge in [-0.1, -0.05) is 18.9 Å². The summed E-state index contributed by atoms with van der Waals surface area (Å²) in [6, 6.07) is 6.68. The van der Waals surface area contributed by atoms with E-state index in [1.165, 1.54) is 32.1 Å². The molecule has 2 saturated carbocycles. The molecule has 1 spiro atoms. The Bertz CT molecular complexity index is 679. The van der Waals surface area contributed by atoms with E-state index in [0.29, 0.717) is 23.5 Å². The van der Waals surface area contributed by atoms with Crippen molar-refractivity contribution in [2.75, 3.05) is 44.7 Å². The second-order valence-corrected chi connectivity index (χ2v) is 8.52. The molecule has 3 atom stereocenters. The molecule has 1 aromatic heterocycles. The van der Waals surface area contributed by atoms with Crippen LogP contribution in [0.15, 0.2) is 29.4 Å². The van der Waals surface area contributed by atoms with E-state index in [9.17, 15) is 0 Å². The van der Waals surface area contributed by atoms with Crippen molar-refractivity contribution < 1.29 is 4.74 Å². The molecule has 6 heteroatoms. The van der Waals surface area contributed by atoms with Crippen LogP contribution in [0.3, 0.4) is 0 Å². The van der Waals surface area contributed by atoms with Crippen LogP contribution >= 0.6 is 0 Å². The third-order valence-corrected chi connectivity index (χ3v) is 7.33. The minimum atomic E-state index is 0.368. The van der Waals surface area contributed by atoms with Crippen LogP contribution in [0, 0.1) is 11.3 Å². The first-order valence-electron chi connectivity index (χ1n) is 10.6. The lowest BCUT2D eigenvalue weighted by Gasteiger charge is -2.57. The number of aliphatic imine (C=N–C) groups is 1. The van der Waals surface area contributed by atoms with Gasteiger partial charge in [-0.2, -0.15) is 0 Å². The van der Waals surface area contributed by atoms with Crippen LogP contribution in [0.5, 0.6) is 0 Å². The first-order valence-corrected chi connectivity index (χ1v) is 10.6. The third-order valence-electron chi connectivity index (χ3n) is 7.33. The van der Waals surface area contributed by atoms with Crippen molar-refractivity contribution in [1.82, 2.24) is 15.2 Å². The van der Waals surface area contributed by atoms with Crippen molar-refractivity contribution in [1.29, 1.82) is 0 Å². The minimum absolute atomic E-state index is 0.368. The maximum Gasteiger partial charge on any atom is 0.194 e. The van der Waals surface area contributed by atoms with E-state index in [0.717, 1.165) is 44.6 Å². The van der Waals surface area contributed by atoms with E-state index in [2.05, 4.69) is 37.2 Å². The van der Waals surface area contributed by atoms with Gasteiger partial charge in [-0.3, -0.25) is 4.99 Å². The largest absolute Gasteiger partial charge is 0.377 e. The van der Waals surface area contributed by atoms with E-state index in [1.807, 2.05) is 19.3 Å². The number of hydrogen-bond donors (Lipinski definition) is 1. The number of pyridine rings is 1. The summed E-state index contributed by atoms with van der Waals surface area (Å²) < 4.78 is 6.14. The van der Waals surface area contributed by atoms with Gasteiger partial charge in [-0.15, -0.1) is 0 Å². The van der Waals surface area contributed by atoms with Crippen molar-refractivity contribution in [2.24, 2.45) is 16.3 Å². The molecule has 2 aliphatic heterocycles. The molecular weight excluding hydrogens is 338 g/mol. The number of anilines is 1. The Hall–Kier alpha value is -1.82. The van der Waals surface area contributed by atoms with Gasteiger partial charge in [0, 0.05) is 63.4 Å². The normalized spacial score (nSPS) is 32.5. The molecule has 146 valence electrons. The fourth-order valence-corrected chi connectivity index (χ4v) is 6.03. The van der Waals surface area contributed by atoms with Gasteiger partial charge in [0.15, 0.2) is 5.96 Å². The standard InChI is InChI=1S/C21H31N5O/c1-22-20(26-13-11-25(12-14-26)17-6-2-5-10-23-17)24-18-16-7-15-27-19(16)21(18)8-3-4-9-21/h2,5-6,10,16,18-19H,3-4,7-9,11-15H2,1H3,(H,22,24). The molecule has 0 amide bonds. The Kier molecular flexibility index (Phi) is 4.46. The summed E-state index contributed by atoms with van der Waals surface area (Å²) in [7, 11) is 1.93. The van der Waals surface area contributed by atoms with Crippen molar-refractivity contribution in [2.45, 2.75) is 44.2 Å². The summed E-state index contributed by atoms with van der Waals surface area (Å²) in [6.07, 6.45) is 8.91. The summed E-state index contributed by atoms with van der Waals surface area (Å²) in [4.78, 5) is 13.9. The highest BCUT2D eigenvalue weighted by Crippen LogP contribution is 2.60. The summed E-state index contributed by atoms with van der Waals surface area (Å²) >= 11 is 0. The average molecular weight is 370 g/mol. The van der Waals surface area contributed by atoms with E-state index >= 15 is 0 Å². The van der Waals surface area contributed by atoms with Crippen LogP contribution in [-0.4, -0.2) is 67.8 Å². The quantitative estimate of drug-likeness (QED) is 0.639. The fraction of sp³-hybridized carbons (Fsp3) is 0.714. The van der Waals surface area contributed by atoms with Crippen LogP contribution in [-0.2, 0) is 4.74 Å². The molecule has 3 unspecified atom stereocenters. The molecule has 0 bridgehead atoms. The van der Waals surface area contributed by atoms with E-state index in [1.54, 1.807) is 0 Å².